The lowest BCUT2D eigenvalue weighted by Crippen LogP contribution is -2.18. The summed E-state index contributed by atoms with van der Waals surface area (Å²) in [5.74, 6) is -0.136. The summed E-state index contributed by atoms with van der Waals surface area (Å²) < 4.78 is 63.9. The van der Waals surface area contributed by atoms with Gasteiger partial charge in [0.2, 0.25) is 10.0 Å². The lowest BCUT2D eigenvalue weighted by Gasteiger charge is -2.12. The van der Waals surface area contributed by atoms with Crippen LogP contribution in [0.15, 0.2) is 22.7 Å². The van der Waals surface area contributed by atoms with Gasteiger partial charge in [-0.05, 0) is 44.6 Å². The van der Waals surface area contributed by atoms with E-state index in [0.717, 1.165) is 12.1 Å². The predicted octanol–water partition coefficient (Wildman–Crippen LogP) is 3.21. The van der Waals surface area contributed by atoms with Crippen molar-refractivity contribution in [2.75, 3.05) is 24.1 Å². The Hall–Kier alpha value is -0.800. The smallest absolute Gasteiger partial charge is 0.320 e. The summed E-state index contributed by atoms with van der Waals surface area (Å²) in [7, 11) is -1.90. The third-order valence-electron chi connectivity index (χ3n) is 2.59. The molecule has 1 aromatic carbocycles. The van der Waals surface area contributed by atoms with Gasteiger partial charge in [-0.3, -0.25) is 4.72 Å². The SMILES string of the molecule is CNCCCCS(=O)(=O)Nc1cc(Br)cc(C(F)(F)F)c1. The second-order valence-corrected chi connectivity index (χ2v) is 7.22. The van der Waals surface area contributed by atoms with E-state index < -0.39 is 21.8 Å². The van der Waals surface area contributed by atoms with Crippen molar-refractivity contribution in [3.8, 4) is 0 Å². The fourth-order valence-electron chi connectivity index (χ4n) is 1.64. The fraction of sp³-hybridized carbons (Fsp3) is 0.500. The quantitative estimate of drug-likeness (QED) is 0.705. The van der Waals surface area contributed by atoms with Gasteiger partial charge < -0.3 is 5.32 Å². The number of hydrogen-bond donors (Lipinski definition) is 2. The second kappa shape index (κ2) is 7.46. The van der Waals surface area contributed by atoms with Crippen molar-refractivity contribution >= 4 is 31.6 Å². The van der Waals surface area contributed by atoms with E-state index in [1.807, 2.05) is 0 Å². The van der Waals surface area contributed by atoms with Gasteiger partial charge in [0.1, 0.15) is 0 Å². The molecule has 120 valence electrons. The van der Waals surface area contributed by atoms with Crippen LogP contribution in [0.2, 0.25) is 0 Å². The first-order valence-electron chi connectivity index (χ1n) is 6.17. The maximum absolute atomic E-state index is 12.7. The molecule has 9 heteroatoms. The van der Waals surface area contributed by atoms with E-state index in [1.54, 1.807) is 7.05 Å². The molecule has 0 fully saturated rings. The number of anilines is 1. The Morgan fingerprint density at radius 1 is 1.19 bits per heavy atom. The molecular weight excluding hydrogens is 373 g/mol. The molecule has 0 aliphatic rings. The largest absolute Gasteiger partial charge is 0.416 e. The van der Waals surface area contributed by atoms with Gasteiger partial charge in [-0.1, -0.05) is 15.9 Å². The zero-order valence-corrected chi connectivity index (χ0v) is 13.7. The molecule has 0 unspecified atom stereocenters. The first-order valence-corrected chi connectivity index (χ1v) is 8.61. The number of alkyl halides is 3. The third kappa shape index (κ3) is 6.66. The van der Waals surface area contributed by atoms with Gasteiger partial charge in [0.05, 0.1) is 17.0 Å². The highest BCUT2D eigenvalue weighted by Crippen LogP contribution is 2.33. The van der Waals surface area contributed by atoms with Crippen molar-refractivity contribution in [1.29, 1.82) is 0 Å². The monoisotopic (exact) mass is 388 g/mol. The van der Waals surface area contributed by atoms with Crippen LogP contribution in [-0.4, -0.2) is 27.8 Å². The van der Waals surface area contributed by atoms with E-state index >= 15 is 0 Å². The highest BCUT2D eigenvalue weighted by atomic mass is 79.9. The van der Waals surface area contributed by atoms with Crippen molar-refractivity contribution in [2.24, 2.45) is 0 Å². The summed E-state index contributed by atoms with van der Waals surface area (Å²) in [6.45, 7) is 0.685. The standard InChI is InChI=1S/C12H16BrF3N2O2S/c1-17-4-2-3-5-21(19,20)18-11-7-9(12(14,15)16)6-10(13)8-11/h6-8,17-18H,2-5H2,1H3. The van der Waals surface area contributed by atoms with Crippen molar-refractivity contribution in [3.05, 3.63) is 28.2 Å². The number of hydrogen-bond acceptors (Lipinski definition) is 3. The van der Waals surface area contributed by atoms with E-state index in [1.165, 1.54) is 6.07 Å². The summed E-state index contributed by atoms with van der Waals surface area (Å²) in [6.07, 6.45) is -3.43. The minimum Gasteiger partial charge on any atom is -0.320 e. The second-order valence-electron chi connectivity index (χ2n) is 4.46. The third-order valence-corrected chi connectivity index (χ3v) is 4.42. The van der Waals surface area contributed by atoms with Gasteiger partial charge in [0.15, 0.2) is 0 Å². The number of unbranched alkanes of at least 4 members (excludes halogenated alkanes) is 1. The Kier molecular flexibility index (Phi) is 6.48. The molecule has 0 saturated carbocycles. The van der Waals surface area contributed by atoms with Crippen molar-refractivity contribution in [2.45, 2.75) is 19.0 Å². The van der Waals surface area contributed by atoms with Crippen molar-refractivity contribution in [1.82, 2.24) is 5.32 Å². The summed E-state index contributed by atoms with van der Waals surface area (Å²) in [5, 5.41) is 2.89. The molecule has 0 saturated heterocycles. The summed E-state index contributed by atoms with van der Waals surface area (Å²) in [4.78, 5) is 0. The van der Waals surface area contributed by atoms with Crippen LogP contribution in [0.4, 0.5) is 18.9 Å². The van der Waals surface area contributed by atoms with Gasteiger partial charge in [0.25, 0.3) is 0 Å². The zero-order valence-electron chi connectivity index (χ0n) is 11.3. The highest BCUT2D eigenvalue weighted by molar-refractivity contribution is 9.10. The van der Waals surface area contributed by atoms with Crippen LogP contribution in [-0.2, 0) is 16.2 Å². The van der Waals surface area contributed by atoms with Crippen LogP contribution in [0.3, 0.4) is 0 Å². The molecule has 21 heavy (non-hydrogen) atoms. The number of sulfonamides is 1. The Labute approximate surface area is 130 Å². The molecule has 4 nitrogen and oxygen atoms in total. The molecule has 0 aliphatic carbocycles. The van der Waals surface area contributed by atoms with Gasteiger partial charge in [-0.2, -0.15) is 13.2 Å². The number of rotatable bonds is 7. The maximum atomic E-state index is 12.7. The summed E-state index contributed by atoms with van der Waals surface area (Å²) >= 11 is 2.94. The van der Waals surface area contributed by atoms with Crippen LogP contribution in [0, 0.1) is 0 Å². The number of nitrogens with one attached hydrogen (secondary N) is 2. The molecule has 0 atom stereocenters. The van der Waals surface area contributed by atoms with E-state index in [2.05, 4.69) is 26.0 Å². The molecule has 0 amide bonds. The van der Waals surface area contributed by atoms with E-state index in [9.17, 15) is 21.6 Å². The molecule has 1 rings (SSSR count). The van der Waals surface area contributed by atoms with Crippen LogP contribution in [0.25, 0.3) is 0 Å². The normalized spacial score (nSPS) is 12.4. The lowest BCUT2D eigenvalue weighted by atomic mass is 10.2. The van der Waals surface area contributed by atoms with Gasteiger partial charge >= 0.3 is 6.18 Å². The molecule has 2 N–H and O–H groups in total. The summed E-state index contributed by atoms with van der Waals surface area (Å²) in [5.41, 5.74) is -1.02. The molecule has 0 spiro atoms. The fourth-order valence-corrected chi connectivity index (χ4v) is 3.29. The molecule has 0 aliphatic heterocycles. The van der Waals surface area contributed by atoms with Gasteiger partial charge in [0, 0.05) is 4.47 Å². The van der Waals surface area contributed by atoms with Crippen LogP contribution >= 0.6 is 15.9 Å². The molecular formula is C12H16BrF3N2O2S. The first kappa shape index (κ1) is 18.2. The minimum atomic E-state index is -4.53. The number of halogens is 4. The Morgan fingerprint density at radius 3 is 2.43 bits per heavy atom. The average molecular weight is 389 g/mol. The molecule has 1 aromatic rings. The zero-order chi connectivity index (χ0) is 16.1. The first-order chi connectivity index (χ1) is 9.64. The van der Waals surface area contributed by atoms with Gasteiger partial charge in [-0.15, -0.1) is 0 Å². The van der Waals surface area contributed by atoms with Crippen molar-refractivity contribution < 1.29 is 21.6 Å². The lowest BCUT2D eigenvalue weighted by molar-refractivity contribution is -0.137. The van der Waals surface area contributed by atoms with E-state index in [-0.39, 0.29) is 15.9 Å². The Bertz CT molecular complexity index is 576. The van der Waals surface area contributed by atoms with Gasteiger partial charge in [-0.25, -0.2) is 8.42 Å². The summed E-state index contributed by atoms with van der Waals surface area (Å²) in [6, 6.07) is 2.96. The van der Waals surface area contributed by atoms with Crippen molar-refractivity contribution in [3.63, 3.8) is 0 Å². The minimum absolute atomic E-state index is 0.106. The molecule has 0 bridgehead atoms. The maximum Gasteiger partial charge on any atom is 0.416 e. The van der Waals surface area contributed by atoms with E-state index in [4.69, 9.17) is 0 Å². The van der Waals surface area contributed by atoms with Crippen LogP contribution < -0.4 is 10.0 Å². The topological polar surface area (TPSA) is 58.2 Å². The molecule has 0 radical (unpaired) electrons. The molecule has 0 aromatic heterocycles. The van der Waals surface area contributed by atoms with Crippen LogP contribution in [0.5, 0.6) is 0 Å². The van der Waals surface area contributed by atoms with Crippen LogP contribution in [0.1, 0.15) is 18.4 Å². The molecule has 0 heterocycles. The van der Waals surface area contributed by atoms with E-state index in [0.29, 0.717) is 19.4 Å². The predicted molar refractivity (Wildman–Crippen MR) is 79.7 cm³/mol. The average Bonchev–Trinajstić information content (AvgIpc) is 2.32. The Morgan fingerprint density at radius 2 is 1.86 bits per heavy atom. The Balaban J connectivity index is 2.80. The number of benzene rings is 1. The highest BCUT2D eigenvalue weighted by Gasteiger charge is 2.31.